The second-order valence-corrected chi connectivity index (χ2v) is 11.4. The molecule has 6 nitrogen and oxygen atoms in total. The second-order valence-electron chi connectivity index (χ2n) is 9.95. The van der Waals surface area contributed by atoms with Gasteiger partial charge in [-0.05, 0) is 87.5 Å². The van der Waals surface area contributed by atoms with Gasteiger partial charge in [-0.15, -0.1) is 0 Å². The molecule has 2 aliphatic heterocycles. The predicted molar refractivity (Wildman–Crippen MR) is 122 cm³/mol. The molecule has 0 radical (unpaired) electrons. The summed E-state index contributed by atoms with van der Waals surface area (Å²) >= 11 is 1.62. The van der Waals surface area contributed by atoms with Gasteiger partial charge in [-0.25, -0.2) is 0 Å². The number of hydrogen-bond acceptors (Lipinski definition) is 5. The van der Waals surface area contributed by atoms with Gasteiger partial charge in [0, 0.05) is 18.7 Å². The van der Waals surface area contributed by atoms with Crippen molar-refractivity contribution < 1.29 is 14.7 Å². The second kappa shape index (κ2) is 8.15. The number of hydrogen-bond donors (Lipinski definition) is 2. The molecule has 2 saturated carbocycles. The molecule has 2 bridgehead atoms. The van der Waals surface area contributed by atoms with Crippen molar-refractivity contribution in [1.29, 1.82) is 0 Å². The third-order valence-corrected chi connectivity index (χ3v) is 8.90. The first kappa shape index (κ1) is 20.9. The van der Waals surface area contributed by atoms with Crippen molar-refractivity contribution >= 4 is 28.7 Å². The first-order chi connectivity index (χ1) is 14.9. The summed E-state index contributed by atoms with van der Waals surface area (Å²) in [4.78, 5) is 32.3. The Morgan fingerprint density at radius 1 is 1.19 bits per heavy atom. The summed E-state index contributed by atoms with van der Waals surface area (Å²) in [6, 6.07) is 6.83. The van der Waals surface area contributed by atoms with Crippen LogP contribution >= 0.6 is 11.8 Å². The van der Waals surface area contributed by atoms with Gasteiger partial charge in [0.1, 0.15) is 5.75 Å². The average molecular weight is 442 g/mol. The third-order valence-electron chi connectivity index (χ3n) is 7.70. The number of amides is 2. The van der Waals surface area contributed by atoms with Gasteiger partial charge in [-0.2, -0.15) is 0 Å². The van der Waals surface area contributed by atoms with Crippen LogP contribution in [0, 0.1) is 17.8 Å². The Kier molecular flexibility index (Phi) is 5.49. The maximum Gasteiger partial charge on any atom is 0.253 e. The van der Waals surface area contributed by atoms with Crippen LogP contribution in [0.5, 0.6) is 5.75 Å². The minimum atomic E-state index is -0.468. The molecule has 2 saturated heterocycles. The van der Waals surface area contributed by atoms with Crippen molar-refractivity contribution in [1.82, 2.24) is 10.2 Å². The number of nitrogens with one attached hydrogen (secondary N) is 1. The summed E-state index contributed by atoms with van der Waals surface area (Å²) in [5.41, 5.74) is 0.607. The fourth-order valence-corrected chi connectivity index (χ4v) is 7.13. The molecule has 5 rings (SSSR count). The Morgan fingerprint density at radius 3 is 2.58 bits per heavy atom. The minimum Gasteiger partial charge on any atom is -0.508 e. The number of likely N-dealkylation sites (tertiary alicyclic amines) is 1. The van der Waals surface area contributed by atoms with E-state index >= 15 is 0 Å². The molecule has 2 N–H and O–H groups in total. The minimum absolute atomic E-state index is 0.0120. The number of thioether (sulfide) groups is 1. The number of aliphatic imine (C=N–C) groups is 1. The standard InChI is InChI=1S/C24H31N3O3S/c1-24(22(30)26-23(31-24)25-20-13-16-2-3-18(20)12-16)14-15-8-10-27(11-9-15)21(29)17-4-6-19(28)7-5-17/h4-7,15-16,18,20,28H,2-3,8-14H2,1H3,(H,25,26,30)/t16-,18-,20-,24?/m0/s1. The van der Waals surface area contributed by atoms with Gasteiger partial charge >= 0.3 is 0 Å². The zero-order valence-corrected chi connectivity index (χ0v) is 18.9. The van der Waals surface area contributed by atoms with Gasteiger partial charge in [0.15, 0.2) is 5.17 Å². The number of carbonyl (C=O) groups is 2. The smallest absolute Gasteiger partial charge is 0.253 e. The van der Waals surface area contributed by atoms with E-state index in [2.05, 4.69) is 5.32 Å². The van der Waals surface area contributed by atoms with Crippen LogP contribution in [0.4, 0.5) is 0 Å². The Morgan fingerprint density at radius 2 is 1.94 bits per heavy atom. The highest BCUT2D eigenvalue weighted by atomic mass is 32.2. The molecule has 4 atom stereocenters. The van der Waals surface area contributed by atoms with E-state index in [1.165, 1.54) is 25.7 Å². The Bertz CT molecular complexity index is 894. The van der Waals surface area contributed by atoms with E-state index in [9.17, 15) is 14.7 Å². The summed E-state index contributed by atoms with van der Waals surface area (Å²) in [5, 5.41) is 13.3. The molecule has 2 aliphatic carbocycles. The van der Waals surface area contributed by atoms with Crippen molar-refractivity contribution in [3.8, 4) is 5.75 Å². The molecule has 1 unspecified atom stereocenters. The van der Waals surface area contributed by atoms with E-state index in [1.54, 1.807) is 36.0 Å². The van der Waals surface area contributed by atoms with Crippen LogP contribution in [-0.4, -0.2) is 50.9 Å². The molecule has 7 heteroatoms. The number of carbonyl (C=O) groups excluding carboxylic acids is 2. The van der Waals surface area contributed by atoms with Crippen LogP contribution in [0.1, 0.15) is 62.2 Å². The Hall–Kier alpha value is -2.02. The van der Waals surface area contributed by atoms with E-state index < -0.39 is 4.75 Å². The van der Waals surface area contributed by atoms with Crippen LogP contribution in [0.3, 0.4) is 0 Å². The SMILES string of the molecule is CC1(CC2CCN(C(=O)c3ccc(O)cc3)CC2)SC(=N[C@H]2C[C@H]3CC[C@H]2C3)NC1=O. The van der Waals surface area contributed by atoms with Crippen LogP contribution in [0.15, 0.2) is 29.3 Å². The monoisotopic (exact) mass is 441 g/mol. The number of nitrogens with zero attached hydrogens (tertiary/aromatic N) is 2. The topological polar surface area (TPSA) is 82.0 Å². The normalized spacial score (nSPS) is 34.5. The average Bonchev–Trinajstić information content (AvgIpc) is 3.44. The first-order valence-corrected chi connectivity index (χ1v) is 12.4. The molecule has 166 valence electrons. The quantitative estimate of drug-likeness (QED) is 0.745. The summed E-state index contributed by atoms with van der Waals surface area (Å²) in [6.07, 6.45) is 7.80. The Balaban J connectivity index is 1.16. The zero-order valence-electron chi connectivity index (χ0n) is 18.0. The highest BCUT2D eigenvalue weighted by Crippen LogP contribution is 2.47. The van der Waals surface area contributed by atoms with Crippen molar-refractivity contribution in [2.24, 2.45) is 22.7 Å². The molecular weight excluding hydrogens is 410 g/mol. The van der Waals surface area contributed by atoms with Crippen LogP contribution in [0.2, 0.25) is 0 Å². The largest absolute Gasteiger partial charge is 0.508 e. The van der Waals surface area contributed by atoms with Crippen LogP contribution in [0.25, 0.3) is 0 Å². The van der Waals surface area contributed by atoms with E-state index in [4.69, 9.17) is 4.99 Å². The molecular formula is C24H31N3O3S. The van der Waals surface area contributed by atoms with Gasteiger partial charge in [0.05, 0.1) is 10.8 Å². The lowest BCUT2D eigenvalue weighted by atomic mass is 9.87. The van der Waals surface area contributed by atoms with Crippen molar-refractivity contribution in [2.45, 2.75) is 62.7 Å². The van der Waals surface area contributed by atoms with Crippen molar-refractivity contribution in [3.05, 3.63) is 29.8 Å². The summed E-state index contributed by atoms with van der Waals surface area (Å²) in [6.45, 7) is 3.46. The fraction of sp³-hybridized carbons (Fsp3) is 0.625. The molecule has 2 amide bonds. The summed E-state index contributed by atoms with van der Waals surface area (Å²) in [5.74, 6) is 2.26. The van der Waals surface area contributed by atoms with Crippen molar-refractivity contribution in [2.75, 3.05) is 13.1 Å². The molecule has 4 fully saturated rings. The van der Waals surface area contributed by atoms with Gasteiger partial charge < -0.3 is 15.3 Å². The number of rotatable bonds is 4. The maximum absolute atomic E-state index is 12.8. The number of aromatic hydroxyl groups is 1. The first-order valence-electron chi connectivity index (χ1n) is 11.6. The molecule has 2 heterocycles. The van der Waals surface area contributed by atoms with E-state index in [0.29, 0.717) is 30.6 Å². The third kappa shape index (κ3) is 4.21. The predicted octanol–water partition coefficient (Wildman–Crippen LogP) is 3.80. The molecule has 1 aromatic carbocycles. The summed E-state index contributed by atoms with van der Waals surface area (Å²) < 4.78 is -0.468. The molecule has 0 aromatic heterocycles. The van der Waals surface area contributed by atoms with Crippen LogP contribution in [-0.2, 0) is 4.79 Å². The molecule has 0 spiro atoms. The highest BCUT2D eigenvalue weighted by molar-refractivity contribution is 8.16. The Labute approximate surface area is 187 Å². The van der Waals surface area contributed by atoms with Crippen LogP contribution < -0.4 is 5.32 Å². The maximum atomic E-state index is 12.8. The number of fused-ring (bicyclic) bond motifs is 2. The zero-order chi connectivity index (χ0) is 21.6. The van der Waals surface area contributed by atoms with Crippen molar-refractivity contribution in [3.63, 3.8) is 0 Å². The lowest BCUT2D eigenvalue weighted by molar-refractivity contribution is -0.121. The number of piperidine rings is 1. The van der Waals surface area contributed by atoms with E-state index in [1.807, 2.05) is 11.8 Å². The molecule has 31 heavy (non-hydrogen) atoms. The number of phenolic OH excluding ortho intramolecular Hbond substituents is 1. The summed E-state index contributed by atoms with van der Waals surface area (Å²) in [7, 11) is 0. The number of benzene rings is 1. The lowest BCUT2D eigenvalue weighted by Gasteiger charge is -2.34. The lowest BCUT2D eigenvalue weighted by Crippen LogP contribution is -2.41. The number of phenols is 1. The van der Waals surface area contributed by atoms with E-state index in [0.717, 1.165) is 36.3 Å². The molecule has 1 aromatic rings. The van der Waals surface area contributed by atoms with Gasteiger partial charge in [-0.3, -0.25) is 14.6 Å². The molecule has 4 aliphatic rings. The number of amidine groups is 1. The van der Waals surface area contributed by atoms with E-state index in [-0.39, 0.29) is 17.6 Å². The van der Waals surface area contributed by atoms with Gasteiger partial charge in [-0.1, -0.05) is 18.2 Å². The van der Waals surface area contributed by atoms with Gasteiger partial charge in [0.2, 0.25) is 5.91 Å². The van der Waals surface area contributed by atoms with Gasteiger partial charge in [0.25, 0.3) is 5.91 Å². The fourth-order valence-electron chi connectivity index (χ4n) is 5.91. The highest BCUT2D eigenvalue weighted by Gasteiger charge is 2.46.